The van der Waals surface area contributed by atoms with Gasteiger partial charge in [0, 0.05) is 12.5 Å². The van der Waals surface area contributed by atoms with Gasteiger partial charge >= 0.3 is 6.03 Å². The Bertz CT molecular complexity index is 681. The van der Waals surface area contributed by atoms with Crippen molar-refractivity contribution in [2.45, 2.75) is 43.7 Å². The lowest BCUT2D eigenvalue weighted by Crippen LogP contribution is -2.58. The summed E-state index contributed by atoms with van der Waals surface area (Å²) in [5.41, 5.74) is 0.305. The largest absolute Gasteiger partial charge is 0.325 e. The van der Waals surface area contributed by atoms with Crippen LogP contribution in [-0.2, 0) is 11.2 Å². The first kappa shape index (κ1) is 18.4. The van der Waals surface area contributed by atoms with Gasteiger partial charge < -0.3 is 15.5 Å². The van der Waals surface area contributed by atoms with Crippen molar-refractivity contribution in [3.63, 3.8) is 0 Å². The van der Waals surface area contributed by atoms with E-state index in [0.29, 0.717) is 6.42 Å². The summed E-state index contributed by atoms with van der Waals surface area (Å²) >= 11 is 0. The minimum Gasteiger partial charge on any atom is -0.322 e. The lowest BCUT2D eigenvalue weighted by Gasteiger charge is -2.39. The van der Waals surface area contributed by atoms with Gasteiger partial charge in [-0.05, 0) is 70.4 Å². The van der Waals surface area contributed by atoms with E-state index in [1.54, 1.807) is 4.90 Å². The standard InChI is InChI=1S/C21H30N4O2/c1-24-13-9-18(10-14-24)25-19(26)21(23-20(25)27,17-7-11-22-12-8-17)15-16-5-3-2-4-6-16/h2-6,17-18,22H,7-15H2,1H3,(H,23,27). The van der Waals surface area contributed by atoms with Crippen molar-refractivity contribution in [1.29, 1.82) is 0 Å². The van der Waals surface area contributed by atoms with E-state index in [1.165, 1.54) is 0 Å². The number of nitrogens with zero attached hydrogens (tertiary/aromatic N) is 2. The van der Waals surface area contributed by atoms with Crippen molar-refractivity contribution in [3.05, 3.63) is 35.9 Å². The molecule has 0 bridgehead atoms. The maximum absolute atomic E-state index is 13.7. The number of carbonyl (C=O) groups excluding carboxylic acids is 2. The summed E-state index contributed by atoms with van der Waals surface area (Å²) in [4.78, 5) is 30.5. The van der Waals surface area contributed by atoms with Gasteiger partial charge in [0.1, 0.15) is 5.54 Å². The molecule has 4 rings (SSSR count). The Kier molecular flexibility index (Phi) is 5.19. The van der Waals surface area contributed by atoms with E-state index in [1.807, 2.05) is 18.2 Å². The Labute approximate surface area is 161 Å². The maximum Gasteiger partial charge on any atom is 0.325 e. The zero-order chi connectivity index (χ0) is 18.9. The smallest absolute Gasteiger partial charge is 0.322 e. The average Bonchev–Trinajstić information content (AvgIpc) is 2.95. The molecule has 0 spiro atoms. The summed E-state index contributed by atoms with van der Waals surface area (Å²) in [6, 6.07) is 9.93. The van der Waals surface area contributed by atoms with E-state index >= 15 is 0 Å². The number of hydrogen-bond donors (Lipinski definition) is 2. The normalized spacial score (nSPS) is 28.6. The Morgan fingerprint density at radius 2 is 1.70 bits per heavy atom. The van der Waals surface area contributed by atoms with Crippen molar-refractivity contribution in [3.8, 4) is 0 Å². The highest BCUT2D eigenvalue weighted by Gasteiger charge is 2.57. The molecule has 2 N–H and O–H groups in total. The fourth-order valence-corrected chi connectivity index (χ4v) is 4.97. The van der Waals surface area contributed by atoms with Gasteiger partial charge in [0.05, 0.1) is 0 Å². The molecule has 3 aliphatic heterocycles. The first-order chi connectivity index (χ1) is 13.1. The second-order valence-electron chi connectivity index (χ2n) is 8.30. The highest BCUT2D eigenvalue weighted by atomic mass is 16.2. The molecule has 3 aliphatic rings. The van der Waals surface area contributed by atoms with Gasteiger partial charge in [0.25, 0.3) is 5.91 Å². The summed E-state index contributed by atoms with van der Waals surface area (Å²) < 4.78 is 0. The van der Waals surface area contributed by atoms with Gasteiger partial charge in [-0.15, -0.1) is 0 Å². The molecule has 3 saturated heterocycles. The summed E-state index contributed by atoms with van der Waals surface area (Å²) in [6.45, 7) is 3.67. The van der Waals surface area contributed by atoms with E-state index in [0.717, 1.165) is 57.4 Å². The van der Waals surface area contributed by atoms with Crippen LogP contribution < -0.4 is 10.6 Å². The van der Waals surface area contributed by atoms with Crippen molar-refractivity contribution in [2.24, 2.45) is 5.92 Å². The van der Waals surface area contributed by atoms with E-state index in [2.05, 4.69) is 34.7 Å². The van der Waals surface area contributed by atoms with Gasteiger partial charge in [-0.2, -0.15) is 0 Å². The van der Waals surface area contributed by atoms with Crippen LogP contribution in [0.2, 0.25) is 0 Å². The third-order valence-corrected chi connectivity index (χ3v) is 6.56. The van der Waals surface area contributed by atoms with Crippen LogP contribution in [0.1, 0.15) is 31.2 Å². The number of urea groups is 1. The Hall–Kier alpha value is -1.92. The monoisotopic (exact) mass is 370 g/mol. The van der Waals surface area contributed by atoms with Gasteiger partial charge in [0.2, 0.25) is 0 Å². The van der Waals surface area contributed by atoms with Crippen LogP contribution in [0.5, 0.6) is 0 Å². The molecule has 6 heteroatoms. The third kappa shape index (κ3) is 3.48. The van der Waals surface area contributed by atoms with Crippen LogP contribution in [0.15, 0.2) is 30.3 Å². The summed E-state index contributed by atoms with van der Waals surface area (Å²) in [7, 11) is 2.09. The number of amides is 3. The lowest BCUT2D eigenvalue weighted by atomic mass is 9.74. The first-order valence-electron chi connectivity index (χ1n) is 10.2. The Morgan fingerprint density at radius 1 is 1.04 bits per heavy atom. The highest BCUT2D eigenvalue weighted by Crippen LogP contribution is 2.37. The molecule has 27 heavy (non-hydrogen) atoms. The highest BCUT2D eigenvalue weighted by molar-refractivity contribution is 6.07. The Balaban J connectivity index is 1.63. The summed E-state index contributed by atoms with van der Waals surface area (Å²) in [5.74, 6) is 0.171. The van der Waals surface area contributed by atoms with Crippen LogP contribution in [0, 0.1) is 5.92 Å². The number of nitrogens with one attached hydrogen (secondary N) is 2. The van der Waals surface area contributed by atoms with Gasteiger partial charge in [-0.1, -0.05) is 30.3 Å². The van der Waals surface area contributed by atoms with Gasteiger partial charge in [-0.3, -0.25) is 9.69 Å². The predicted octanol–water partition coefficient (Wildman–Crippen LogP) is 1.61. The number of rotatable bonds is 4. The number of imide groups is 1. The molecule has 1 unspecified atom stereocenters. The minimum absolute atomic E-state index is 0.00203. The predicted molar refractivity (Wildman–Crippen MR) is 104 cm³/mol. The molecule has 3 fully saturated rings. The second kappa shape index (κ2) is 7.60. The molecule has 3 heterocycles. The molecule has 146 valence electrons. The molecular formula is C21H30N4O2. The SMILES string of the molecule is CN1CCC(N2C(=O)NC(Cc3ccccc3)(C3CCNCC3)C2=O)CC1. The molecule has 6 nitrogen and oxygen atoms in total. The molecule has 1 aromatic carbocycles. The zero-order valence-corrected chi connectivity index (χ0v) is 16.1. The van der Waals surface area contributed by atoms with Crippen LogP contribution in [0.25, 0.3) is 0 Å². The Morgan fingerprint density at radius 3 is 2.37 bits per heavy atom. The summed E-state index contributed by atoms with van der Waals surface area (Å²) in [6.07, 6.45) is 4.14. The van der Waals surface area contributed by atoms with Crippen molar-refractivity contribution >= 4 is 11.9 Å². The van der Waals surface area contributed by atoms with Crippen LogP contribution in [0.4, 0.5) is 4.79 Å². The number of likely N-dealkylation sites (tertiary alicyclic amines) is 1. The molecule has 0 aromatic heterocycles. The molecule has 0 aliphatic carbocycles. The van der Waals surface area contributed by atoms with Crippen LogP contribution in [-0.4, -0.2) is 66.5 Å². The molecular weight excluding hydrogens is 340 g/mol. The first-order valence-corrected chi connectivity index (χ1v) is 10.2. The topological polar surface area (TPSA) is 64.7 Å². The van der Waals surface area contributed by atoms with Crippen molar-refractivity contribution < 1.29 is 9.59 Å². The van der Waals surface area contributed by atoms with E-state index in [9.17, 15) is 9.59 Å². The molecule has 1 atom stereocenters. The molecule has 0 radical (unpaired) electrons. The molecule has 3 amide bonds. The van der Waals surface area contributed by atoms with E-state index < -0.39 is 5.54 Å². The number of hydrogen-bond acceptors (Lipinski definition) is 4. The van der Waals surface area contributed by atoms with Gasteiger partial charge in [0.15, 0.2) is 0 Å². The quantitative estimate of drug-likeness (QED) is 0.791. The molecule has 0 saturated carbocycles. The number of carbonyl (C=O) groups is 2. The van der Waals surface area contributed by atoms with Crippen LogP contribution >= 0.6 is 0 Å². The lowest BCUT2D eigenvalue weighted by molar-refractivity contribution is -0.135. The second-order valence-corrected chi connectivity index (χ2v) is 8.30. The van der Waals surface area contributed by atoms with Gasteiger partial charge in [-0.25, -0.2) is 4.79 Å². The van der Waals surface area contributed by atoms with Crippen molar-refractivity contribution in [1.82, 2.24) is 20.4 Å². The van der Waals surface area contributed by atoms with E-state index in [4.69, 9.17) is 0 Å². The number of benzene rings is 1. The zero-order valence-electron chi connectivity index (χ0n) is 16.1. The van der Waals surface area contributed by atoms with E-state index in [-0.39, 0.29) is 23.9 Å². The maximum atomic E-state index is 13.7. The third-order valence-electron chi connectivity index (χ3n) is 6.56. The fourth-order valence-electron chi connectivity index (χ4n) is 4.97. The fraction of sp³-hybridized carbons (Fsp3) is 0.619. The number of piperidine rings is 2. The summed E-state index contributed by atoms with van der Waals surface area (Å²) in [5, 5.41) is 6.57. The minimum atomic E-state index is -0.802. The average molecular weight is 370 g/mol. The molecule has 1 aromatic rings. The van der Waals surface area contributed by atoms with Crippen molar-refractivity contribution in [2.75, 3.05) is 33.2 Å². The van der Waals surface area contributed by atoms with Crippen LogP contribution in [0.3, 0.4) is 0 Å².